The lowest BCUT2D eigenvalue weighted by Crippen LogP contribution is -2.61. The maximum absolute atomic E-state index is 12.5. The molecule has 1 aromatic carbocycles. The van der Waals surface area contributed by atoms with Gasteiger partial charge < -0.3 is 30.2 Å². The molecule has 8 heteroatoms. The lowest BCUT2D eigenvalue weighted by atomic mass is 9.53. The molecule has 8 nitrogen and oxygen atoms in total. The van der Waals surface area contributed by atoms with Gasteiger partial charge in [0.15, 0.2) is 11.5 Å². The van der Waals surface area contributed by atoms with Crippen molar-refractivity contribution >= 4 is 17.6 Å². The van der Waals surface area contributed by atoms with Gasteiger partial charge in [0.2, 0.25) is 11.7 Å². The van der Waals surface area contributed by atoms with Gasteiger partial charge in [0.05, 0.1) is 21.3 Å². The number of anilines is 1. The van der Waals surface area contributed by atoms with Crippen LogP contribution in [0.25, 0.3) is 0 Å². The van der Waals surface area contributed by atoms with E-state index >= 15 is 0 Å². The summed E-state index contributed by atoms with van der Waals surface area (Å²) < 4.78 is 15.9. The Balaban J connectivity index is 1.26. The van der Waals surface area contributed by atoms with Gasteiger partial charge in [-0.15, -0.1) is 0 Å². The first kappa shape index (κ1) is 21.6. The highest BCUT2D eigenvalue weighted by Crippen LogP contribution is 2.55. The maximum Gasteiger partial charge on any atom is 0.315 e. The molecule has 3 N–H and O–H groups in total. The highest BCUT2D eigenvalue weighted by molar-refractivity contribution is 5.92. The predicted molar refractivity (Wildman–Crippen MR) is 117 cm³/mol. The number of ether oxygens (including phenoxy) is 3. The molecule has 4 saturated carbocycles. The number of carbonyl (C=O) groups excluding carboxylic acids is 2. The van der Waals surface area contributed by atoms with Gasteiger partial charge in [0.25, 0.3) is 0 Å². The van der Waals surface area contributed by atoms with E-state index in [1.54, 1.807) is 12.1 Å². The Hall–Kier alpha value is -2.64. The van der Waals surface area contributed by atoms with Crippen LogP contribution in [0, 0.1) is 17.8 Å². The van der Waals surface area contributed by atoms with E-state index in [0.717, 1.165) is 37.0 Å². The molecular formula is C23H33N3O5. The average molecular weight is 432 g/mol. The van der Waals surface area contributed by atoms with Crippen LogP contribution >= 0.6 is 0 Å². The number of carbonyl (C=O) groups is 2. The largest absolute Gasteiger partial charge is 0.493 e. The molecule has 0 aliphatic heterocycles. The molecule has 4 bridgehead atoms. The fourth-order valence-electron chi connectivity index (χ4n) is 6.22. The number of nitrogens with one attached hydrogen (secondary N) is 3. The maximum atomic E-state index is 12.5. The monoisotopic (exact) mass is 431 g/mol. The third-order valence-electron chi connectivity index (χ3n) is 7.00. The van der Waals surface area contributed by atoms with Crippen molar-refractivity contribution in [2.45, 2.75) is 50.5 Å². The van der Waals surface area contributed by atoms with Gasteiger partial charge >= 0.3 is 6.03 Å². The van der Waals surface area contributed by atoms with Gasteiger partial charge in [-0.3, -0.25) is 4.79 Å². The molecule has 5 rings (SSSR count). The van der Waals surface area contributed by atoms with Gasteiger partial charge in [-0.2, -0.15) is 0 Å². The second-order valence-electron chi connectivity index (χ2n) is 9.29. The Morgan fingerprint density at radius 3 is 1.97 bits per heavy atom. The molecule has 4 fully saturated rings. The number of methoxy groups -OCH3 is 3. The molecule has 3 amide bonds. The second kappa shape index (κ2) is 8.85. The number of amides is 3. The molecule has 0 radical (unpaired) electrons. The Labute approximate surface area is 183 Å². The van der Waals surface area contributed by atoms with E-state index in [1.165, 1.54) is 40.6 Å². The van der Waals surface area contributed by atoms with E-state index in [9.17, 15) is 9.59 Å². The SMILES string of the molecule is COc1cc(NC(=O)CCNC(=O)NC23CC4CC(CC(C4)C2)C3)cc(OC)c1OC. The molecule has 0 heterocycles. The predicted octanol–water partition coefficient (Wildman–Crippen LogP) is 3.31. The van der Waals surface area contributed by atoms with Crippen molar-refractivity contribution in [3.05, 3.63) is 12.1 Å². The molecular weight excluding hydrogens is 398 g/mol. The zero-order valence-electron chi connectivity index (χ0n) is 18.6. The molecule has 0 saturated heterocycles. The first-order valence-electron chi connectivity index (χ1n) is 11.1. The van der Waals surface area contributed by atoms with Crippen molar-refractivity contribution in [1.29, 1.82) is 0 Å². The van der Waals surface area contributed by atoms with E-state index in [1.807, 2.05) is 0 Å². The highest BCUT2D eigenvalue weighted by atomic mass is 16.5. The topological polar surface area (TPSA) is 97.9 Å². The van der Waals surface area contributed by atoms with Crippen LogP contribution in [0.2, 0.25) is 0 Å². The van der Waals surface area contributed by atoms with Crippen LogP contribution in [0.3, 0.4) is 0 Å². The third kappa shape index (κ3) is 4.67. The molecule has 170 valence electrons. The molecule has 0 atom stereocenters. The Morgan fingerprint density at radius 2 is 1.48 bits per heavy atom. The number of hydrogen-bond donors (Lipinski definition) is 3. The van der Waals surface area contributed by atoms with Gasteiger partial charge in [-0.1, -0.05) is 0 Å². The van der Waals surface area contributed by atoms with Crippen molar-refractivity contribution in [3.63, 3.8) is 0 Å². The van der Waals surface area contributed by atoms with Crippen molar-refractivity contribution in [2.24, 2.45) is 17.8 Å². The number of urea groups is 1. The van der Waals surface area contributed by atoms with E-state index in [0.29, 0.717) is 22.9 Å². The average Bonchev–Trinajstić information content (AvgIpc) is 2.71. The number of benzene rings is 1. The van der Waals surface area contributed by atoms with E-state index in [2.05, 4.69) is 16.0 Å². The van der Waals surface area contributed by atoms with Crippen molar-refractivity contribution in [2.75, 3.05) is 33.2 Å². The summed E-state index contributed by atoms with van der Waals surface area (Å²) in [5.41, 5.74) is 0.509. The van der Waals surface area contributed by atoms with Crippen LogP contribution in [0.5, 0.6) is 17.2 Å². The van der Waals surface area contributed by atoms with Gasteiger partial charge in [-0.05, 0) is 56.3 Å². The van der Waals surface area contributed by atoms with Gasteiger partial charge in [0.1, 0.15) is 0 Å². The minimum Gasteiger partial charge on any atom is -0.493 e. The van der Waals surface area contributed by atoms with Crippen LogP contribution in [-0.4, -0.2) is 45.4 Å². The summed E-state index contributed by atoms with van der Waals surface area (Å²) in [5, 5.41) is 8.94. The normalized spacial score (nSPS) is 28.0. The summed E-state index contributed by atoms with van der Waals surface area (Å²) >= 11 is 0. The lowest BCUT2D eigenvalue weighted by Gasteiger charge is -2.56. The van der Waals surface area contributed by atoms with E-state index in [4.69, 9.17) is 14.2 Å². The summed E-state index contributed by atoms with van der Waals surface area (Å²) in [5.74, 6) is 3.51. The number of rotatable bonds is 8. The molecule has 0 unspecified atom stereocenters. The summed E-state index contributed by atoms with van der Waals surface area (Å²) in [6.45, 7) is 0.272. The molecule has 1 aromatic rings. The van der Waals surface area contributed by atoms with Crippen LogP contribution in [0.4, 0.5) is 10.5 Å². The van der Waals surface area contributed by atoms with E-state index in [-0.39, 0.29) is 30.4 Å². The van der Waals surface area contributed by atoms with E-state index < -0.39 is 0 Å². The minimum atomic E-state index is -0.204. The molecule has 0 aromatic heterocycles. The third-order valence-corrected chi connectivity index (χ3v) is 7.00. The molecule has 4 aliphatic rings. The van der Waals surface area contributed by atoms with Crippen LogP contribution < -0.4 is 30.2 Å². The summed E-state index contributed by atoms with van der Waals surface area (Å²) in [6.07, 6.45) is 7.50. The van der Waals surface area contributed by atoms with Gasteiger partial charge in [-0.25, -0.2) is 4.79 Å². The fourth-order valence-corrected chi connectivity index (χ4v) is 6.22. The van der Waals surface area contributed by atoms with Crippen molar-refractivity contribution in [3.8, 4) is 17.2 Å². The summed E-state index contributed by atoms with van der Waals surface area (Å²) in [6, 6.07) is 3.18. The van der Waals surface area contributed by atoms with Crippen molar-refractivity contribution < 1.29 is 23.8 Å². The van der Waals surface area contributed by atoms with Crippen LogP contribution in [-0.2, 0) is 4.79 Å². The zero-order valence-corrected chi connectivity index (χ0v) is 18.6. The molecule has 31 heavy (non-hydrogen) atoms. The zero-order chi connectivity index (χ0) is 22.0. The molecule has 0 spiro atoms. The summed E-state index contributed by atoms with van der Waals surface area (Å²) in [7, 11) is 4.57. The van der Waals surface area contributed by atoms with Crippen LogP contribution in [0.15, 0.2) is 12.1 Å². The lowest BCUT2D eigenvalue weighted by molar-refractivity contribution is -0.116. The molecule has 4 aliphatic carbocycles. The standard InChI is InChI=1S/C23H33N3O5/c1-29-18-9-17(10-19(30-2)21(18)31-3)25-20(27)4-5-24-22(28)26-23-11-14-6-15(12-23)8-16(7-14)13-23/h9-10,14-16H,4-8,11-13H2,1-3H3,(H,25,27)(H2,24,26,28). The highest BCUT2D eigenvalue weighted by Gasteiger charge is 2.51. The quantitative estimate of drug-likeness (QED) is 0.587. The first-order chi connectivity index (χ1) is 14.9. The smallest absolute Gasteiger partial charge is 0.315 e. The summed E-state index contributed by atoms with van der Waals surface area (Å²) in [4.78, 5) is 24.9. The van der Waals surface area contributed by atoms with Gasteiger partial charge in [0, 0.05) is 36.3 Å². The Bertz CT molecular complexity index is 780. The van der Waals surface area contributed by atoms with Crippen molar-refractivity contribution in [1.82, 2.24) is 10.6 Å². The minimum absolute atomic E-state index is 0.0305. The number of hydrogen-bond acceptors (Lipinski definition) is 5. The Morgan fingerprint density at radius 1 is 0.935 bits per heavy atom. The fraction of sp³-hybridized carbons (Fsp3) is 0.652. The van der Waals surface area contributed by atoms with Crippen LogP contribution in [0.1, 0.15) is 44.9 Å². The second-order valence-corrected chi connectivity index (χ2v) is 9.29. The Kier molecular flexibility index (Phi) is 6.16. The first-order valence-corrected chi connectivity index (χ1v) is 11.1.